The molecular formula is C25H17BrClNO3. The van der Waals surface area contributed by atoms with E-state index in [4.69, 9.17) is 16.0 Å². The molecule has 4 nitrogen and oxygen atoms in total. The van der Waals surface area contributed by atoms with Crippen molar-refractivity contribution >= 4 is 50.1 Å². The fourth-order valence-corrected chi connectivity index (χ4v) is 4.54. The topological polar surface area (TPSA) is 50.5 Å². The Morgan fingerprint density at radius 1 is 0.968 bits per heavy atom. The van der Waals surface area contributed by atoms with Crippen LogP contribution in [0.3, 0.4) is 0 Å². The van der Waals surface area contributed by atoms with Gasteiger partial charge in [-0.1, -0.05) is 63.4 Å². The highest BCUT2D eigenvalue weighted by Gasteiger charge is 2.43. The third-order valence-electron chi connectivity index (χ3n) is 5.66. The van der Waals surface area contributed by atoms with Crippen molar-refractivity contribution in [1.29, 1.82) is 0 Å². The molecule has 2 heterocycles. The Kier molecular flexibility index (Phi) is 4.76. The second-order valence-electron chi connectivity index (χ2n) is 7.74. The maximum Gasteiger partial charge on any atom is 0.295 e. The van der Waals surface area contributed by atoms with Gasteiger partial charge in [0.15, 0.2) is 5.43 Å². The van der Waals surface area contributed by atoms with Crippen LogP contribution in [0, 0.1) is 13.8 Å². The monoisotopic (exact) mass is 493 g/mol. The maximum absolute atomic E-state index is 13.6. The lowest BCUT2D eigenvalue weighted by Crippen LogP contribution is -2.29. The molecule has 1 atom stereocenters. The minimum atomic E-state index is -0.610. The van der Waals surface area contributed by atoms with Gasteiger partial charge in [0.2, 0.25) is 5.76 Å². The Morgan fingerprint density at radius 3 is 2.42 bits per heavy atom. The first kappa shape index (κ1) is 20.0. The second-order valence-corrected chi connectivity index (χ2v) is 9.06. The fraction of sp³-hybridized carbons (Fsp3) is 0.120. The molecule has 0 saturated carbocycles. The van der Waals surface area contributed by atoms with Gasteiger partial charge in [-0.05, 0) is 55.3 Å². The van der Waals surface area contributed by atoms with E-state index >= 15 is 0 Å². The Labute approximate surface area is 192 Å². The van der Waals surface area contributed by atoms with E-state index in [0.29, 0.717) is 27.2 Å². The molecule has 6 heteroatoms. The summed E-state index contributed by atoms with van der Waals surface area (Å²) in [4.78, 5) is 28.7. The summed E-state index contributed by atoms with van der Waals surface area (Å²) in [5, 5.41) is 0.985. The van der Waals surface area contributed by atoms with E-state index in [1.54, 1.807) is 29.2 Å². The van der Waals surface area contributed by atoms with Crippen LogP contribution in [0.25, 0.3) is 11.0 Å². The molecule has 154 valence electrons. The van der Waals surface area contributed by atoms with Crippen LogP contribution in [0.4, 0.5) is 5.69 Å². The molecule has 4 aromatic rings. The van der Waals surface area contributed by atoms with Gasteiger partial charge in [0.1, 0.15) is 5.58 Å². The van der Waals surface area contributed by atoms with Crippen molar-refractivity contribution < 1.29 is 9.21 Å². The standard InChI is InChI=1S/C25H17BrClNO3/c1-13-3-6-15(7-4-13)22-21-23(29)18-11-16(26)8-10-20(18)31-24(21)25(30)28(22)17-9-5-14(2)19(27)12-17/h3-12,22H,1-2H3. The number of carbonyl (C=O) groups excluding carboxylic acids is 1. The third-order valence-corrected chi connectivity index (χ3v) is 6.56. The quantitative estimate of drug-likeness (QED) is 0.316. The number of nitrogens with zero attached hydrogens (tertiary/aromatic N) is 1. The summed E-state index contributed by atoms with van der Waals surface area (Å²) < 4.78 is 6.76. The molecule has 0 aliphatic carbocycles. The molecule has 31 heavy (non-hydrogen) atoms. The molecule has 5 rings (SSSR count). The summed E-state index contributed by atoms with van der Waals surface area (Å²) >= 11 is 9.79. The summed E-state index contributed by atoms with van der Waals surface area (Å²) in [5.41, 5.74) is 3.96. The highest BCUT2D eigenvalue weighted by atomic mass is 79.9. The first-order valence-electron chi connectivity index (χ1n) is 9.77. The van der Waals surface area contributed by atoms with Crippen molar-refractivity contribution in [2.24, 2.45) is 0 Å². The summed E-state index contributed by atoms with van der Waals surface area (Å²) in [7, 11) is 0. The van der Waals surface area contributed by atoms with Gasteiger partial charge in [-0.15, -0.1) is 0 Å². The number of anilines is 1. The number of fused-ring (bicyclic) bond motifs is 2. The number of carbonyl (C=O) groups is 1. The van der Waals surface area contributed by atoms with E-state index < -0.39 is 6.04 Å². The summed E-state index contributed by atoms with van der Waals surface area (Å²) in [6.45, 7) is 3.90. The van der Waals surface area contributed by atoms with Crippen LogP contribution >= 0.6 is 27.5 Å². The number of aryl methyl sites for hydroxylation is 2. The highest BCUT2D eigenvalue weighted by Crippen LogP contribution is 2.42. The normalized spacial score (nSPS) is 15.5. The van der Waals surface area contributed by atoms with Crippen molar-refractivity contribution in [2.45, 2.75) is 19.9 Å². The SMILES string of the molecule is Cc1ccc(C2c3c(oc4ccc(Br)cc4c3=O)C(=O)N2c2ccc(C)c(Cl)c2)cc1. The second kappa shape index (κ2) is 7.36. The van der Waals surface area contributed by atoms with Crippen molar-refractivity contribution in [2.75, 3.05) is 4.90 Å². The molecule has 1 aromatic heterocycles. The van der Waals surface area contributed by atoms with Gasteiger partial charge < -0.3 is 4.42 Å². The van der Waals surface area contributed by atoms with Crippen LogP contribution in [-0.4, -0.2) is 5.91 Å². The van der Waals surface area contributed by atoms with Gasteiger partial charge in [0.25, 0.3) is 5.91 Å². The maximum atomic E-state index is 13.6. The first-order valence-corrected chi connectivity index (χ1v) is 10.9. The van der Waals surface area contributed by atoms with E-state index in [1.807, 2.05) is 50.2 Å². The van der Waals surface area contributed by atoms with Crippen molar-refractivity contribution in [3.8, 4) is 0 Å². The number of rotatable bonds is 2. The number of hydrogen-bond donors (Lipinski definition) is 0. The highest BCUT2D eigenvalue weighted by molar-refractivity contribution is 9.10. The first-order chi connectivity index (χ1) is 14.8. The largest absolute Gasteiger partial charge is 0.450 e. The van der Waals surface area contributed by atoms with Crippen LogP contribution in [0.1, 0.15) is 38.9 Å². The summed E-state index contributed by atoms with van der Waals surface area (Å²) in [5.74, 6) is -0.287. The molecule has 0 spiro atoms. The zero-order chi connectivity index (χ0) is 21.9. The van der Waals surface area contributed by atoms with Crippen molar-refractivity contribution in [1.82, 2.24) is 0 Å². The van der Waals surface area contributed by atoms with Gasteiger partial charge in [-0.2, -0.15) is 0 Å². The molecule has 0 saturated heterocycles. The number of benzene rings is 3. The smallest absolute Gasteiger partial charge is 0.295 e. The van der Waals surface area contributed by atoms with Crippen LogP contribution in [0.15, 0.2) is 74.3 Å². The molecule has 0 fully saturated rings. The molecule has 0 N–H and O–H groups in total. The van der Waals surface area contributed by atoms with Gasteiger partial charge in [-0.25, -0.2) is 0 Å². The summed E-state index contributed by atoms with van der Waals surface area (Å²) in [6, 6.07) is 17.9. The predicted molar refractivity (Wildman–Crippen MR) is 126 cm³/mol. The van der Waals surface area contributed by atoms with Crippen LogP contribution in [0.2, 0.25) is 5.02 Å². The zero-order valence-corrected chi connectivity index (χ0v) is 19.1. The summed E-state index contributed by atoms with van der Waals surface area (Å²) in [6.07, 6.45) is 0. The minimum Gasteiger partial charge on any atom is -0.450 e. The molecule has 1 aliphatic rings. The van der Waals surface area contributed by atoms with E-state index in [9.17, 15) is 9.59 Å². The molecule has 3 aromatic carbocycles. The van der Waals surface area contributed by atoms with Gasteiger partial charge in [0.05, 0.1) is 17.0 Å². The minimum absolute atomic E-state index is 0.0714. The van der Waals surface area contributed by atoms with Crippen molar-refractivity contribution in [3.63, 3.8) is 0 Å². The average Bonchev–Trinajstić information content (AvgIpc) is 3.04. The van der Waals surface area contributed by atoms with Gasteiger partial charge in [0, 0.05) is 15.2 Å². The predicted octanol–water partition coefficient (Wildman–Crippen LogP) is 6.58. The number of halogens is 2. The van der Waals surface area contributed by atoms with E-state index in [0.717, 1.165) is 21.2 Å². The van der Waals surface area contributed by atoms with Gasteiger partial charge in [-0.3, -0.25) is 14.5 Å². The Bertz CT molecular complexity index is 1430. The molecular weight excluding hydrogens is 478 g/mol. The molecule has 1 unspecified atom stereocenters. The van der Waals surface area contributed by atoms with Gasteiger partial charge >= 0.3 is 0 Å². The van der Waals surface area contributed by atoms with E-state index in [1.165, 1.54) is 0 Å². The lowest BCUT2D eigenvalue weighted by molar-refractivity contribution is 0.0971. The molecule has 0 bridgehead atoms. The average molecular weight is 495 g/mol. The van der Waals surface area contributed by atoms with E-state index in [2.05, 4.69) is 15.9 Å². The Morgan fingerprint density at radius 2 is 1.71 bits per heavy atom. The van der Waals surface area contributed by atoms with E-state index in [-0.39, 0.29) is 17.1 Å². The number of amides is 1. The lowest BCUT2D eigenvalue weighted by atomic mass is 9.97. The fourth-order valence-electron chi connectivity index (χ4n) is 4.01. The molecule has 1 amide bonds. The lowest BCUT2D eigenvalue weighted by Gasteiger charge is -2.25. The van der Waals surface area contributed by atoms with Crippen LogP contribution < -0.4 is 10.3 Å². The molecule has 1 aliphatic heterocycles. The van der Waals surface area contributed by atoms with Crippen molar-refractivity contribution in [3.05, 3.63) is 108 Å². The molecule has 0 radical (unpaired) electrons. The Hall–Kier alpha value is -2.89. The third kappa shape index (κ3) is 3.20. The zero-order valence-electron chi connectivity index (χ0n) is 16.8. The van der Waals surface area contributed by atoms with Crippen LogP contribution in [-0.2, 0) is 0 Å². The number of hydrogen-bond acceptors (Lipinski definition) is 3. The van der Waals surface area contributed by atoms with Crippen LogP contribution in [0.5, 0.6) is 0 Å². The Balaban J connectivity index is 1.82.